The Morgan fingerprint density at radius 1 is 1.29 bits per heavy atom. The molecular weight excluding hydrogens is 263 g/mol. The van der Waals surface area contributed by atoms with Gasteiger partial charge in [-0.15, -0.1) is 0 Å². The van der Waals surface area contributed by atoms with Gasteiger partial charge in [0.05, 0.1) is 0 Å². The van der Waals surface area contributed by atoms with Crippen molar-refractivity contribution in [3.8, 4) is 0 Å². The third-order valence-corrected chi connectivity index (χ3v) is 2.32. The highest BCUT2D eigenvalue weighted by Gasteiger charge is 2.05. The van der Waals surface area contributed by atoms with Gasteiger partial charge in [-0.2, -0.15) is 0 Å². The standard InChI is InChI=1S/C11H14Cl2N2O2/c1-15(2)3-4-17-11(16)14-10-6-8(12)5-9(13)7-10/h5-7H,3-4H2,1-2H3,(H,14,16). The van der Waals surface area contributed by atoms with Crippen molar-refractivity contribution in [2.45, 2.75) is 0 Å². The normalized spacial score (nSPS) is 10.4. The van der Waals surface area contributed by atoms with E-state index in [-0.39, 0.29) is 0 Å². The largest absolute Gasteiger partial charge is 0.448 e. The maximum Gasteiger partial charge on any atom is 0.411 e. The number of likely N-dealkylation sites (N-methyl/N-ethyl adjacent to an activating group) is 1. The highest BCUT2D eigenvalue weighted by atomic mass is 35.5. The molecule has 0 fully saturated rings. The van der Waals surface area contributed by atoms with Crippen LogP contribution in [0.5, 0.6) is 0 Å². The van der Waals surface area contributed by atoms with E-state index in [9.17, 15) is 4.79 Å². The molecular formula is C11H14Cl2N2O2. The van der Waals surface area contributed by atoms with E-state index >= 15 is 0 Å². The number of benzene rings is 1. The SMILES string of the molecule is CN(C)CCOC(=O)Nc1cc(Cl)cc(Cl)c1. The maximum absolute atomic E-state index is 11.4. The Hall–Kier alpha value is -0.970. The summed E-state index contributed by atoms with van der Waals surface area (Å²) in [5.41, 5.74) is 0.511. The lowest BCUT2D eigenvalue weighted by atomic mass is 10.3. The Kier molecular flexibility index (Phi) is 5.55. The van der Waals surface area contributed by atoms with E-state index in [0.717, 1.165) is 0 Å². The molecule has 0 saturated heterocycles. The fourth-order valence-electron chi connectivity index (χ4n) is 1.10. The zero-order valence-electron chi connectivity index (χ0n) is 9.67. The smallest absolute Gasteiger partial charge is 0.411 e. The lowest BCUT2D eigenvalue weighted by Crippen LogP contribution is -2.22. The number of carbonyl (C=O) groups is 1. The monoisotopic (exact) mass is 276 g/mol. The number of anilines is 1. The number of nitrogens with one attached hydrogen (secondary N) is 1. The predicted molar refractivity (Wildman–Crippen MR) is 70.0 cm³/mol. The highest BCUT2D eigenvalue weighted by molar-refractivity contribution is 6.35. The van der Waals surface area contributed by atoms with Gasteiger partial charge in [-0.05, 0) is 32.3 Å². The molecule has 0 unspecified atom stereocenters. The van der Waals surface area contributed by atoms with Crippen molar-refractivity contribution in [1.29, 1.82) is 0 Å². The summed E-state index contributed by atoms with van der Waals surface area (Å²) in [7, 11) is 3.80. The summed E-state index contributed by atoms with van der Waals surface area (Å²) in [5.74, 6) is 0. The number of hydrogen-bond acceptors (Lipinski definition) is 3. The van der Waals surface area contributed by atoms with E-state index in [2.05, 4.69) is 5.32 Å². The molecule has 1 rings (SSSR count). The molecule has 0 saturated carbocycles. The number of nitrogens with zero attached hydrogens (tertiary/aromatic N) is 1. The summed E-state index contributed by atoms with van der Waals surface area (Å²) in [4.78, 5) is 13.3. The Bertz CT molecular complexity index is 377. The minimum absolute atomic E-state index is 0.327. The van der Waals surface area contributed by atoms with Crippen LogP contribution < -0.4 is 5.32 Å². The van der Waals surface area contributed by atoms with Crippen LogP contribution in [0.3, 0.4) is 0 Å². The van der Waals surface area contributed by atoms with Gasteiger partial charge in [-0.1, -0.05) is 23.2 Å². The second-order valence-corrected chi connectivity index (χ2v) is 4.60. The van der Waals surface area contributed by atoms with Crippen LogP contribution in [0.1, 0.15) is 0 Å². The lowest BCUT2D eigenvalue weighted by molar-refractivity contribution is 0.151. The Morgan fingerprint density at radius 3 is 2.41 bits per heavy atom. The third kappa shape index (κ3) is 5.77. The van der Waals surface area contributed by atoms with E-state index in [1.165, 1.54) is 0 Å². The van der Waals surface area contributed by atoms with Gasteiger partial charge in [0.15, 0.2) is 0 Å². The van der Waals surface area contributed by atoms with Crippen LogP contribution >= 0.6 is 23.2 Å². The second kappa shape index (κ2) is 6.69. The van der Waals surface area contributed by atoms with E-state index < -0.39 is 6.09 Å². The summed E-state index contributed by atoms with van der Waals surface area (Å²) in [5, 5.41) is 3.47. The Balaban J connectivity index is 2.45. The summed E-state index contributed by atoms with van der Waals surface area (Å²) < 4.78 is 4.96. The van der Waals surface area contributed by atoms with Crippen LogP contribution in [-0.4, -0.2) is 38.2 Å². The van der Waals surface area contributed by atoms with Crippen LogP contribution in [0.15, 0.2) is 18.2 Å². The first-order valence-corrected chi connectivity index (χ1v) is 5.77. The van der Waals surface area contributed by atoms with Crippen molar-refractivity contribution in [3.63, 3.8) is 0 Å². The molecule has 0 bridgehead atoms. The number of carbonyl (C=O) groups excluding carboxylic acids is 1. The molecule has 1 amide bonds. The van der Waals surface area contributed by atoms with Gasteiger partial charge in [0.25, 0.3) is 0 Å². The van der Waals surface area contributed by atoms with Crippen molar-refractivity contribution in [1.82, 2.24) is 4.90 Å². The van der Waals surface area contributed by atoms with E-state index in [1.807, 2.05) is 19.0 Å². The fraction of sp³-hybridized carbons (Fsp3) is 0.364. The number of ether oxygens (including phenoxy) is 1. The molecule has 1 aromatic carbocycles. The predicted octanol–water partition coefficient (Wildman–Crippen LogP) is 3.10. The van der Waals surface area contributed by atoms with Gasteiger partial charge in [-0.3, -0.25) is 5.32 Å². The molecule has 0 aliphatic carbocycles. The second-order valence-electron chi connectivity index (χ2n) is 3.72. The molecule has 4 nitrogen and oxygen atoms in total. The molecule has 0 aromatic heterocycles. The van der Waals surface area contributed by atoms with Gasteiger partial charge in [-0.25, -0.2) is 4.79 Å². The first-order chi connectivity index (χ1) is 7.97. The van der Waals surface area contributed by atoms with Crippen molar-refractivity contribution >= 4 is 35.0 Å². The van der Waals surface area contributed by atoms with Crippen molar-refractivity contribution < 1.29 is 9.53 Å². The van der Waals surface area contributed by atoms with Crippen LogP contribution in [-0.2, 0) is 4.74 Å². The molecule has 0 aliphatic heterocycles. The molecule has 6 heteroatoms. The summed E-state index contributed by atoms with van der Waals surface area (Å²) in [6.07, 6.45) is -0.523. The first kappa shape index (κ1) is 14.1. The third-order valence-electron chi connectivity index (χ3n) is 1.88. The maximum atomic E-state index is 11.4. The molecule has 0 radical (unpaired) electrons. The van der Waals surface area contributed by atoms with Crippen LogP contribution in [0.25, 0.3) is 0 Å². The molecule has 0 aliphatic rings. The zero-order chi connectivity index (χ0) is 12.8. The van der Waals surface area contributed by atoms with Crippen LogP contribution in [0, 0.1) is 0 Å². The first-order valence-electron chi connectivity index (χ1n) is 5.02. The van der Waals surface area contributed by atoms with Crippen molar-refractivity contribution in [2.75, 3.05) is 32.6 Å². The van der Waals surface area contributed by atoms with E-state index in [1.54, 1.807) is 18.2 Å². The molecule has 0 spiro atoms. The number of halogens is 2. The molecule has 17 heavy (non-hydrogen) atoms. The topological polar surface area (TPSA) is 41.6 Å². The minimum Gasteiger partial charge on any atom is -0.448 e. The number of hydrogen-bond donors (Lipinski definition) is 1. The zero-order valence-corrected chi connectivity index (χ0v) is 11.2. The molecule has 0 atom stereocenters. The van der Waals surface area contributed by atoms with Gasteiger partial charge < -0.3 is 9.64 Å². The van der Waals surface area contributed by atoms with Gasteiger partial charge in [0.2, 0.25) is 0 Å². The minimum atomic E-state index is -0.523. The summed E-state index contributed by atoms with van der Waals surface area (Å²) >= 11 is 11.6. The van der Waals surface area contributed by atoms with E-state index in [0.29, 0.717) is 28.9 Å². The average Bonchev–Trinajstić information content (AvgIpc) is 2.14. The molecule has 0 heterocycles. The van der Waals surface area contributed by atoms with Gasteiger partial charge in [0, 0.05) is 22.3 Å². The molecule has 1 aromatic rings. The summed E-state index contributed by atoms with van der Waals surface area (Å²) in [6.45, 7) is 0.997. The van der Waals surface area contributed by atoms with E-state index in [4.69, 9.17) is 27.9 Å². The molecule has 1 N–H and O–H groups in total. The van der Waals surface area contributed by atoms with Crippen molar-refractivity contribution in [3.05, 3.63) is 28.2 Å². The Morgan fingerprint density at radius 2 is 1.88 bits per heavy atom. The Labute approximate surface area is 110 Å². The average molecular weight is 277 g/mol. The summed E-state index contributed by atoms with van der Waals surface area (Å²) in [6, 6.07) is 4.78. The highest BCUT2D eigenvalue weighted by Crippen LogP contribution is 2.22. The number of rotatable bonds is 4. The fourth-order valence-corrected chi connectivity index (χ4v) is 1.63. The quantitative estimate of drug-likeness (QED) is 0.919. The molecule has 94 valence electrons. The van der Waals surface area contributed by atoms with Crippen molar-refractivity contribution in [2.24, 2.45) is 0 Å². The van der Waals surface area contributed by atoms with Crippen LogP contribution in [0.4, 0.5) is 10.5 Å². The van der Waals surface area contributed by atoms with Gasteiger partial charge in [0.1, 0.15) is 6.61 Å². The van der Waals surface area contributed by atoms with Crippen LogP contribution in [0.2, 0.25) is 10.0 Å². The lowest BCUT2D eigenvalue weighted by Gasteiger charge is -2.11. The van der Waals surface area contributed by atoms with Gasteiger partial charge >= 0.3 is 6.09 Å². The number of amides is 1.